The molecule has 0 spiro atoms. The van der Waals surface area contributed by atoms with E-state index in [9.17, 15) is 13.6 Å². The predicted octanol–water partition coefficient (Wildman–Crippen LogP) is 4.10. The Morgan fingerprint density at radius 2 is 1.96 bits per heavy atom. The molecule has 0 radical (unpaired) electrons. The third-order valence-corrected chi connectivity index (χ3v) is 3.50. The molecule has 1 aromatic heterocycles. The molecule has 0 aliphatic heterocycles. The quantitative estimate of drug-likeness (QED) is 0.757. The summed E-state index contributed by atoms with van der Waals surface area (Å²) in [6.07, 6.45) is 1.67. The normalized spacial score (nSPS) is 10.7. The van der Waals surface area contributed by atoms with Gasteiger partial charge in [0.1, 0.15) is 0 Å². The lowest BCUT2D eigenvalue weighted by Crippen LogP contribution is -2.12. The number of aromatic nitrogens is 1. The molecule has 0 bridgehead atoms. The van der Waals surface area contributed by atoms with Crippen LogP contribution in [0.2, 0.25) is 0 Å². The van der Waals surface area contributed by atoms with Crippen molar-refractivity contribution in [2.45, 2.75) is 6.61 Å². The van der Waals surface area contributed by atoms with Crippen molar-refractivity contribution < 1.29 is 23.0 Å². The standard InChI is InChI=1S/C18H14F2N2O3/c1-24-15-7-5-13(10-16(15)25-18(19)20)22-17(23)12-4-6-14-11(9-12)3-2-8-21-14/h2-10,18H,1H3,(H,22,23). The molecular weight excluding hydrogens is 330 g/mol. The average Bonchev–Trinajstić information content (AvgIpc) is 2.61. The largest absolute Gasteiger partial charge is 0.493 e. The Morgan fingerprint density at radius 1 is 1.12 bits per heavy atom. The van der Waals surface area contributed by atoms with Crippen LogP contribution >= 0.6 is 0 Å². The van der Waals surface area contributed by atoms with Crippen molar-refractivity contribution in [3.8, 4) is 11.5 Å². The second-order valence-electron chi connectivity index (χ2n) is 5.11. The van der Waals surface area contributed by atoms with Crippen LogP contribution < -0.4 is 14.8 Å². The Kier molecular flexibility index (Phi) is 4.74. The predicted molar refractivity (Wildman–Crippen MR) is 89.3 cm³/mol. The first-order chi connectivity index (χ1) is 12.1. The summed E-state index contributed by atoms with van der Waals surface area (Å²) >= 11 is 0. The van der Waals surface area contributed by atoms with Gasteiger partial charge in [0.25, 0.3) is 5.91 Å². The van der Waals surface area contributed by atoms with E-state index in [1.165, 1.54) is 25.3 Å². The molecule has 0 atom stereocenters. The summed E-state index contributed by atoms with van der Waals surface area (Å²) in [6, 6.07) is 13.0. The van der Waals surface area contributed by atoms with E-state index in [0.29, 0.717) is 11.3 Å². The first-order valence-electron chi connectivity index (χ1n) is 7.36. The molecule has 25 heavy (non-hydrogen) atoms. The highest BCUT2D eigenvalue weighted by Gasteiger charge is 2.13. The van der Waals surface area contributed by atoms with Crippen molar-refractivity contribution in [3.05, 3.63) is 60.3 Å². The number of amides is 1. The van der Waals surface area contributed by atoms with Gasteiger partial charge in [0.2, 0.25) is 0 Å². The van der Waals surface area contributed by atoms with Crippen LogP contribution in [0.3, 0.4) is 0 Å². The van der Waals surface area contributed by atoms with Gasteiger partial charge in [0, 0.05) is 28.9 Å². The number of rotatable bonds is 5. The Hall–Kier alpha value is -3.22. The number of halogens is 2. The number of benzene rings is 2. The van der Waals surface area contributed by atoms with Crippen LogP contribution in [0.4, 0.5) is 14.5 Å². The van der Waals surface area contributed by atoms with Crippen LogP contribution in [-0.2, 0) is 0 Å². The summed E-state index contributed by atoms with van der Waals surface area (Å²) in [5.41, 5.74) is 1.51. The molecule has 1 N–H and O–H groups in total. The highest BCUT2D eigenvalue weighted by atomic mass is 19.3. The highest BCUT2D eigenvalue weighted by molar-refractivity contribution is 6.06. The maximum absolute atomic E-state index is 12.5. The number of anilines is 1. The minimum atomic E-state index is -2.99. The van der Waals surface area contributed by atoms with Gasteiger partial charge >= 0.3 is 6.61 Å². The summed E-state index contributed by atoms with van der Waals surface area (Å²) in [5, 5.41) is 3.47. The number of methoxy groups -OCH3 is 1. The number of pyridine rings is 1. The number of nitrogens with zero attached hydrogens (tertiary/aromatic N) is 1. The monoisotopic (exact) mass is 344 g/mol. The number of alkyl halides is 2. The average molecular weight is 344 g/mol. The van der Waals surface area contributed by atoms with E-state index in [0.717, 1.165) is 10.9 Å². The molecule has 7 heteroatoms. The summed E-state index contributed by atoms with van der Waals surface area (Å²) in [7, 11) is 1.34. The van der Waals surface area contributed by atoms with Gasteiger partial charge < -0.3 is 14.8 Å². The van der Waals surface area contributed by atoms with Crippen LogP contribution in [0.5, 0.6) is 11.5 Å². The van der Waals surface area contributed by atoms with E-state index in [4.69, 9.17) is 4.74 Å². The third-order valence-electron chi connectivity index (χ3n) is 3.50. The Bertz CT molecular complexity index is 916. The van der Waals surface area contributed by atoms with Gasteiger partial charge in [0.15, 0.2) is 11.5 Å². The molecule has 0 fully saturated rings. The molecule has 0 saturated heterocycles. The Balaban J connectivity index is 1.84. The van der Waals surface area contributed by atoms with E-state index in [1.54, 1.807) is 30.5 Å². The van der Waals surface area contributed by atoms with E-state index in [-0.39, 0.29) is 17.4 Å². The second kappa shape index (κ2) is 7.12. The van der Waals surface area contributed by atoms with Gasteiger partial charge in [-0.3, -0.25) is 9.78 Å². The van der Waals surface area contributed by atoms with Crippen molar-refractivity contribution in [1.29, 1.82) is 0 Å². The number of hydrogen-bond acceptors (Lipinski definition) is 4. The van der Waals surface area contributed by atoms with E-state index >= 15 is 0 Å². The van der Waals surface area contributed by atoms with E-state index in [2.05, 4.69) is 15.0 Å². The van der Waals surface area contributed by atoms with Crippen LogP contribution in [0.1, 0.15) is 10.4 Å². The maximum atomic E-state index is 12.5. The summed E-state index contributed by atoms with van der Waals surface area (Å²) in [6.45, 7) is -2.99. The number of fused-ring (bicyclic) bond motifs is 1. The summed E-state index contributed by atoms with van der Waals surface area (Å²) < 4.78 is 34.3. The molecule has 5 nitrogen and oxygen atoms in total. The van der Waals surface area contributed by atoms with Gasteiger partial charge in [-0.05, 0) is 36.4 Å². The maximum Gasteiger partial charge on any atom is 0.387 e. The molecule has 128 valence electrons. The molecule has 1 amide bonds. The number of carbonyl (C=O) groups is 1. The zero-order valence-electron chi connectivity index (χ0n) is 13.2. The van der Waals surface area contributed by atoms with Crippen molar-refractivity contribution in [2.24, 2.45) is 0 Å². The molecule has 0 unspecified atom stereocenters. The van der Waals surface area contributed by atoms with Gasteiger partial charge in [0.05, 0.1) is 12.6 Å². The van der Waals surface area contributed by atoms with E-state index < -0.39 is 6.61 Å². The second-order valence-corrected chi connectivity index (χ2v) is 5.11. The zero-order chi connectivity index (χ0) is 17.8. The van der Waals surface area contributed by atoms with Crippen LogP contribution in [0.15, 0.2) is 54.7 Å². The molecule has 0 aliphatic carbocycles. The SMILES string of the molecule is COc1ccc(NC(=O)c2ccc3ncccc3c2)cc1OC(F)F. The summed E-state index contributed by atoms with van der Waals surface area (Å²) in [5.74, 6) is -0.382. The molecule has 2 aromatic carbocycles. The van der Waals surface area contributed by atoms with Crippen molar-refractivity contribution in [3.63, 3.8) is 0 Å². The number of hydrogen-bond donors (Lipinski definition) is 1. The molecule has 0 aliphatic rings. The first-order valence-corrected chi connectivity index (χ1v) is 7.36. The summed E-state index contributed by atoms with van der Waals surface area (Å²) in [4.78, 5) is 16.6. The van der Waals surface area contributed by atoms with Gasteiger partial charge in [-0.1, -0.05) is 6.07 Å². The van der Waals surface area contributed by atoms with Crippen LogP contribution in [-0.4, -0.2) is 24.6 Å². The fraction of sp³-hybridized carbons (Fsp3) is 0.111. The Morgan fingerprint density at radius 3 is 2.72 bits per heavy atom. The van der Waals surface area contributed by atoms with Crippen molar-refractivity contribution in [1.82, 2.24) is 4.98 Å². The topological polar surface area (TPSA) is 60.5 Å². The fourth-order valence-corrected chi connectivity index (χ4v) is 2.36. The lowest BCUT2D eigenvalue weighted by molar-refractivity contribution is -0.0511. The fourth-order valence-electron chi connectivity index (χ4n) is 2.36. The Labute approximate surface area is 142 Å². The van der Waals surface area contributed by atoms with Gasteiger partial charge in [-0.25, -0.2) is 0 Å². The number of ether oxygens (including phenoxy) is 2. The smallest absolute Gasteiger partial charge is 0.387 e. The molecular formula is C18H14F2N2O3. The van der Waals surface area contributed by atoms with Gasteiger partial charge in [-0.15, -0.1) is 0 Å². The minimum absolute atomic E-state index is 0.148. The first kappa shape index (κ1) is 16.6. The van der Waals surface area contributed by atoms with Crippen LogP contribution in [0.25, 0.3) is 10.9 Å². The number of nitrogens with one attached hydrogen (secondary N) is 1. The third kappa shape index (κ3) is 3.82. The van der Waals surface area contributed by atoms with Gasteiger partial charge in [-0.2, -0.15) is 8.78 Å². The zero-order valence-corrected chi connectivity index (χ0v) is 13.2. The van der Waals surface area contributed by atoms with Crippen molar-refractivity contribution >= 4 is 22.5 Å². The highest BCUT2D eigenvalue weighted by Crippen LogP contribution is 2.31. The lowest BCUT2D eigenvalue weighted by Gasteiger charge is -2.12. The molecule has 1 heterocycles. The lowest BCUT2D eigenvalue weighted by atomic mass is 10.1. The molecule has 0 saturated carbocycles. The van der Waals surface area contributed by atoms with E-state index in [1.807, 2.05) is 6.07 Å². The van der Waals surface area contributed by atoms with Crippen molar-refractivity contribution in [2.75, 3.05) is 12.4 Å². The number of carbonyl (C=O) groups excluding carboxylic acids is 1. The molecule has 3 aromatic rings. The van der Waals surface area contributed by atoms with Crippen LogP contribution in [0, 0.1) is 0 Å². The minimum Gasteiger partial charge on any atom is -0.493 e. The molecule has 3 rings (SSSR count).